The van der Waals surface area contributed by atoms with E-state index in [1.165, 1.54) is 0 Å². The summed E-state index contributed by atoms with van der Waals surface area (Å²) in [6.45, 7) is 3.32. The van der Waals surface area contributed by atoms with Gasteiger partial charge in [0.1, 0.15) is 0 Å². The van der Waals surface area contributed by atoms with Crippen LogP contribution >= 0.6 is 0 Å². The second-order valence-electron chi connectivity index (χ2n) is 1.04. The van der Waals surface area contributed by atoms with E-state index in [-0.39, 0.29) is 0 Å². The minimum Gasteiger partial charge on any atom is -0.792 e. The quantitative estimate of drug-likeness (QED) is 0.310. The Labute approximate surface area is 31.1 Å². The van der Waals surface area contributed by atoms with Crippen LogP contribution in [0.5, 0.6) is 0 Å². The molecule has 0 aliphatic rings. The molecule has 0 spiro atoms. The number of nitrogens with zero attached hydrogens (tertiary/aromatic N) is 1. The first-order valence-corrected chi connectivity index (χ1v) is 1.41. The van der Waals surface area contributed by atoms with Crippen molar-refractivity contribution in [3.05, 3.63) is 5.21 Å². The van der Waals surface area contributed by atoms with Crippen molar-refractivity contribution in [1.82, 2.24) is 0 Å². The molecular formula is C3H6NO-. The molecule has 0 aromatic rings. The molecule has 30 valence electrons. The van der Waals surface area contributed by atoms with Gasteiger partial charge in [-0.25, -0.2) is 0 Å². The third kappa shape index (κ3) is 3.47. The van der Waals surface area contributed by atoms with E-state index >= 15 is 0 Å². The lowest BCUT2D eigenvalue weighted by atomic mass is 10.5. The van der Waals surface area contributed by atoms with Gasteiger partial charge < -0.3 is 10.4 Å². The first-order valence-electron chi connectivity index (χ1n) is 1.41. The highest BCUT2D eigenvalue weighted by atomic mass is 16.4. The van der Waals surface area contributed by atoms with E-state index < -0.39 is 0 Å². The molecule has 0 aromatic carbocycles. The molecule has 0 saturated carbocycles. The molecule has 0 fully saturated rings. The van der Waals surface area contributed by atoms with Crippen molar-refractivity contribution in [2.45, 2.75) is 13.8 Å². The molecule has 0 heterocycles. The van der Waals surface area contributed by atoms with Crippen LogP contribution in [0.25, 0.3) is 0 Å². The van der Waals surface area contributed by atoms with Gasteiger partial charge >= 0.3 is 0 Å². The highest BCUT2D eigenvalue weighted by molar-refractivity contribution is 5.79. The summed E-state index contributed by atoms with van der Waals surface area (Å²) in [7, 11) is 0. The molecule has 0 aromatic heterocycles. The maximum Gasteiger partial charge on any atom is 0.000668 e. The summed E-state index contributed by atoms with van der Waals surface area (Å²) in [4.78, 5) is 0. The summed E-state index contributed by atoms with van der Waals surface area (Å²) in [6.07, 6.45) is 0. The van der Waals surface area contributed by atoms with Crippen LogP contribution < -0.4 is 0 Å². The van der Waals surface area contributed by atoms with Crippen molar-refractivity contribution in [3.63, 3.8) is 0 Å². The minimum absolute atomic E-state index is 0.574. The average molecular weight is 72.1 g/mol. The SMILES string of the molecule is CC(C)=N[O-]. The van der Waals surface area contributed by atoms with Crippen LogP contribution in [0.4, 0.5) is 0 Å². The van der Waals surface area contributed by atoms with Crippen molar-refractivity contribution < 1.29 is 0 Å². The van der Waals surface area contributed by atoms with E-state index in [4.69, 9.17) is 0 Å². The van der Waals surface area contributed by atoms with Gasteiger partial charge in [0.25, 0.3) is 0 Å². The fraction of sp³-hybridized carbons (Fsp3) is 0.667. The van der Waals surface area contributed by atoms with Crippen molar-refractivity contribution in [2.24, 2.45) is 5.16 Å². The van der Waals surface area contributed by atoms with E-state index in [0.29, 0.717) is 5.71 Å². The van der Waals surface area contributed by atoms with Crippen LogP contribution in [0, 0.1) is 5.21 Å². The van der Waals surface area contributed by atoms with Gasteiger partial charge in [-0.05, 0) is 13.8 Å². The molecule has 2 nitrogen and oxygen atoms in total. The summed E-state index contributed by atoms with van der Waals surface area (Å²) in [5.74, 6) is 0. The zero-order valence-electron chi connectivity index (χ0n) is 3.36. The van der Waals surface area contributed by atoms with Crippen LogP contribution in [-0.2, 0) is 0 Å². The fourth-order valence-corrected chi connectivity index (χ4v) is 0. The maximum atomic E-state index is 9.22. The first kappa shape index (κ1) is 4.47. The highest BCUT2D eigenvalue weighted by Gasteiger charge is 1.58. The zero-order chi connectivity index (χ0) is 4.28. The molecule has 0 N–H and O–H groups in total. The molecule has 0 radical (unpaired) electrons. The Bertz CT molecular complexity index is 44.9. The van der Waals surface area contributed by atoms with Crippen LogP contribution in [0.15, 0.2) is 5.16 Å². The van der Waals surface area contributed by atoms with Gasteiger partial charge in [-0.2, -0.15) is 0 Å². The number of hydrogen-bond donors (Lipinski definition) is 0. The Morgan fingerprint density at radius 3 is 1.80 bits per heavy atom. The van der Waals surface area contributed by atoms with Crippen LogP contribution in [0.1, 0.15) is 13.8 Å². The molecular weight excluding hydrogens is 66.0 g/mol. The Balaban J connectivity index is 3.14. The van der Waals surface area contributed by atoms with Gasteiger partial charge in [0.2, 0.25) is 0 Å². The van der Waals surface area contributed by atoms with Gasteiger partial charge in [-0.1, -0.05) is 0 Å². The molecule has 0 unspecified atom stereocenters. The van der Waals surface area contributed by atoms with Crippen molar-refractivity contribution in [2.75, 3.05) is 0 Å². The second-order valence-corrected chi connectivity index (χ2v) is 1.04. The largest absolute Gasteiger partial charge is 0.792 e. The van der Waals surface area contributed by atoms with E-state index in [1.807, 2.05) is 0 Å². The smallest absolute Gasteiger partial charge is 0.000668 e. The first-order chi connectivity index (χ1) is 2.27. The summed E-state index contributed by atoms with van der Waals surface area (Å²) in [5, 5.41) is 11.8. The van der Waals surface area contributed by atoms with Crippen LogP contribution in [0.2, 0.25) is 0 Å². The van der Waals surface area contributed by atoms with Gasteiger partial charge in [0.05, 0.1) is 0 Å². The van der Waals surface area contributed by atoms with Crippen molar-refractivity contribution >= 4 is 5.71 Å². The minimum atomic E-state index is 0.574. The van der Waals surface area contributed by atoms with E-state index in [9.17, 15) is 5.21 Å². The van der Waals surface area contributed by atoms with Gasteiger partial charge in [0, 0.05) is 5.71 Å². The average Bonchev–Trinajstić information content (AvgIpc) is 1.38. The lowest BCUT2D eigenvalue weighted by molar-refractivity contribution is 1.53. The summed E-state index contributed by atoms with van der Waals surface area (Å²) in [6, 6.07) is 0. The van der Waals surface area contributed by atoms with E-state index in [0.717, 1.165) is 0 Å². The lowest BCUT2D eigenvalue weighted by Crippen LogP contribution is -1.72. The monoisotopic (exact) mass is 72.0 g/mol. The van der Waals surface area contributed by atoms with Gasteiger partial charge in [-0.15, -0.1) is 0 Å². The lowest BCUT2D eigenvalue weighted by Gasteiger charge is -1.88. The Hall–Kier alpha value is -0.530. The molecule has 0 aliphatic heterocycles. The summed E-state index contributed by atoms with van der Waals surface area (Å²) >= 11 is 0. The molecule has 0 amide bonds. The second kappa shape index (κ2) is 1.76. The zero-order valence-corrected chi connectivity index (χ0v) is 3.36. The molecule has 5 heavy (non-hydrogen) atoms. The molecule has 0 aliphatic carbocycles. The molecule has 0 rings (SSSR count). The summed E-state index contributed by atoms with van der Waals surface area (Å²) in [5.41, 5.74) is 0.574. The van der Waals surface area contributed by atoms with Crippen LogP contribution in [0.3, 0.4) is 0 Å². The third-order valence-corrected chi connectivity index (χ3v) is 0.183. The Morgan fingerprint density at radius 1 is 1.60 bits per heavy atom. The van der Waals surface area contributed by atoms with Crippen molar-refractivity contribution in [3.8, 4) is 0 Å². The van der Waals surface area contributed by atoms with E-state index in [2.05, 4.69) is 5.16 Å². The van der Waals surface area contributed by atoms with Gasteiger partial charge in [-0.3, -0.25) is 0 Å². The molecule has 2 heteroatoms. The maximum absolute atomic E-state index is 9.22. The highest BCUT2D eigenvalue weighted by Crippen LogP contribution is 1.65. The standard InChI is InChI=1S/C3H7NO/c1-3(2)4-5/h5H,1-2H3/p-1. The Morgan fingerprint density at radius 2 is 1.80 bits per heavy atom. The van der Waals surface area contributed by atoms with Crippen molar-refractivity contribution in [1.29, 1.82) is 0 Å². The molecule has 0 saturated heterocycles. The fourth-order valence-electron chi connectivity index (χ4n) is 0. The summed E-state index contributed by atoms with van der Waals surface area (Å²) < 4.78 is 0. The van der Waals surface area contributed by atoms with Crippen LogP contribution in [-0.4, -0.2) is 5.71 Å². The number of rotatable bonds is 0. The molecule has 0 bridgehead atoms. The topological polar surface area (TPSA) is 35.4 Å². The predicted molar refractivity (Wildman–Crippen MR) is 22.1 cm³/mol. The van der Waals surface area contributed by atoms with Gasteiger partial charge in [0.15, 0.2) is 0 Å². The Kier molecular flexibility index (Phi) is 1.57. The predicted octanol–water partition coefficient (Wildman–Crippen LogP) is 0.965. The third-order valence-electron chi connectivity index (χ3n) is 0.183. The van der Waals surface area contributed by atoms with E-state index in [1.54, 1.807) is 13.8 Å². The number of hydrogen-bond acceptors (Lipinski definition) is 2. The molecule has 0 atom stereocenters. The normalized spacial score (nSPS) is 6.80.